The van der Waals surface area contributed by atoms with E-state index in [2.05, 4.69) is 5.32 Å². The predicted molar refractivity (Wildman–Crippen MR) is 103 cm³/mol. The van der Waals surface area contributed by atoms with Crippen molar-refractivity contribution in [2.24, 2.45) is 0 Å². The van der Waals surface area contributed by atoms with Crippen LogP contribution in [0.5, 0.6) is 11.5 Å². The number of fused-ring (bicyclic) bond motifs is 1. The number of benzene rings is 2. The Kier molecular flexibility index (Phi) is 5.96. The normalized spacial score (nSPS) is 15.7. The van der Waals surface area contributed by atoms with Crippen molar-refractivity contribution in [3.8, 4) is 11.5 Å². The van der Waals surface area contributed by atoms with Gasteiger partial charge in [-0.1, -0.05) is 37.3 Å². The third kappa shape index (κ3) is 4.22. The molecule has 1 N–H and O–H groups in total. The Balaban J connectivity index is 1.61. The summed E-state index contributed by atoms with van der Waals surface area (Å²) in [6, 6.07) is 15.0. The summed E-state index contributed by atoms with van der Waals surface area (Å²) >= 11 is 0. The Bertz CT molecular complexity index is 821. The van der Waals surface area contributed by atoms with Crippen molar-refractivity contribution in [2.45, 2.75) is 32.4 Å². The van der Waals surface area contributed by atoms with Gasteiger partial charge in [0.2, 0.25) is 5.91 Å². The van der Waals surface area contributed by atoms with Crippen molar-refractivity contribution in [2.75, 3.05) is 18.6 Å². The minimum Gasteiger partial charge on any atom is -0.496 e. The Hall–Kier alpha value is -3.02. The Labute approximate surface area is 159 Å². The molecule has 2 aromatic carbocycles. The number of anilines is 1. The summed E-state index contributed by atoms with van der Waals surface area (Å²) in [4.78, 5) is 26.6. The summed E-state index contributed by atoms with van der Waals surface area (Å²) < 4.78 is 11.0. The molecule has 27 heavy (non-hydrogen) atoms. The zero-order valence-corrected chi connectivity index (χ0v) is 15.6. The average Bonchev–Trinajstić information content (AvgIpc) is 2.71. The fourth-order valence-electron chi connectivity index (χ4n) is 3.11. The van der Waals surface area contributed by atoms with Gasteiger partial charge in [-0.3, -0.25) is 9.59 Å². The Morgan fingerprint density at radius 3 is 2.70 bits per heavy atom. The highest BCUT2D eigenvalue weighted by molar-refractivity contribution is 6.00. The highest BCUT2D eigenvalue weighted by atomic mass is 16.5. The van der Waals surface area contributed by atoms with Crippen molar-refractivity contribution >= 4 is 17.5 Å². The van der Waals surface area contributed by atoms with E-state index in [1.165, 1.54) is 0 Å². The van der Waals surface area contributed by atoms with Gasteiger partial charge < -0.3 is 19.7 Å². The maximum absolute atomic E-state index is 12.6. The summed E-state index contributed by atoms with van der Waals surface area (Å²) in [6.07, 6.45) is 0.298. The van der Waals surface area contributed by atoms with Crippen LogP contribution in [0.15, 0.2) is 48.5 Å². The average molecular weight is 368 g/mol. The lowest BCUT2D eigenvalue weighted by molar-refractivity contribution is -0.126. The number of methoxy groups -OCH3 is 1. The summed E-state index contributed by atoms with van der Waals surface area (Å²) in [6.45, 7) is 2.61. The molecule has 0 fully saturated rings. The second-order valence-electron chi connectivity index (χ2n) is 6.31. The van der Waals surface area contributed by atoms with Crippen molar-refractivity contribution in [3.05, 3.63) is 54.1 Å². The molecule has 0 saturated heterocycles. The van der Waals surface area contributed by atoms with E-state index < -0.39 is 6.10 Å². The Morgan fingerprint density at radius 2 is 1.93 bits per heavy atom. The second-order valence-corrected chi connectivity index (χ2v) is 6.31. The van der Waals surface area contributed by atoms with Gasteiger partial charge in [-0.15, -0.1) is 0 Å². The van der Waals surface area contributed by atoms with E-state index in [-0.39, 0.29) is 18.2 Å². The Morgan fingerprint density at radius 1 is 1.19 bits per heavy atom. The lowest BCUT2D eigenvalue weighted by Crippen LogP contribution is -2.46. The molecular weight excluding hydrogens is 344 g/mol. The highest BCUT2D eigenvalue weighted by Gasteiger charge is 2.33. The van der Waals surface area contributed by atoms with Crippen molar-refractivity contribution < 1.29 is 19.1 Å². The van der Waals surface area contributed by atoms with Gasteiger partial charge in [0.05, 0.1) is 12.8 Å². The van der Waals surface area contributed by atoms with Crippen molar-refractivity contribution in [1.29, 1.82) is 0 Å². The number of hydrogen-bond donors (Lipinski definition) is 1. The number of carbonyl (C=O) groups excluding carboxylic acids is 2. The van der Waals surface area contributed by atoms with Crippen LogP contribution in [-0.4, -0.2) is 31.6 Å². The van der Waals surface area contributed by atoms with E-state index in [9.17, 15) is 9.59 Å². The number of nitrogens with one attached hydrogen (secondary N) is 1. The molecule has 6 nitrogen and oxygen atoms in total. The van der Waals surface area contributed by atoms with Gasteiger partial charge >= 0.3 is 0 Å². The molecule has 1 heterocycles. The smallest absolute Gasteiger partial charge is 0.268 e. The third-order valence-electron chi connectivity index (χ3n) is 4.57. The number of rotatable bonds is 7. The number of amides is 2. The van der Waals surface area contributed by atoms with Crippen LogP contribution in [0.2, 0.25) is 0 Å². The molecule has 0 spiro atoms. The monoisotopic (exact) mass is 368 g/mol. The summed E-state index contributed by atoms with van der Waals surface area (Å²) in [7, 11) is 1.60. The van der Waals surface area contributed by atoms with Crippen LogP contribution < -0.4 is 19.7 Å². The van der Waals surface area contributed by atoms with E-state index in [4.69, 9.17) is 9.47 Å². The van der Waals surface area contributed by atoms with Gasteiger partial charge in [0.15, 0.2) is 6.10 Å². The molecule has 0 bridgehead atoms. The summed E-state index contributed by atoms with van der Waals surface area (Å²) in [5, 5.41) is 2.89. The zero-order valence-electron chi connectivity index (χ0n) is 15.6. The molecule has 0 radical (unpaired) electrons. The van der Waals surface area contributed by atoms with Crippen LogP contribution in [0.3, 0.4) is 0 Å². The molecule has 0 saturated carbocycles. The van der Waals surface area contributed by atoms with E-state index >= 15 is 0 Å². The van der Waals surface area contributed by atoms with Crippen molar-refractivity contribution in [3.63, 3.8) is 0 Å². The van der Waals surface area contributed by atoms with Gasteiger partial charge in [0.25, 0.3) is 5.91 Å². The summed E-state index contributed by atoms with van der Waals surface area (Å²) in [5.74, 6) is 1.19. The van der Waals surface area contributed by atoms with Crippen LogP contribution in [0.1, 0.15) is 25.3 Å². The molecular formula is C21H24N2O4. The lowest BCUT2D eigenvalue weighted by Gasteiger charge is -2.33. The number of hydrogen-bond acceptors (Lipinski definition) is 4. The van der Waals surface area contributed by atoms with E-state index in [1.807, 2.05) is 55.5 Å². The minimum absolute atomic E-state index is 0.103. The highest BCUT2D eigenvalue weighted by Crippen LogP contribution is 2.34. The first-order valence-electron chi connectivity index (χ1n) is 9.09. The first-order chi connectivity index (χ1) is 13.1. The number of para-hydroxylation sites is 3. The largest absolute Gasteiger partial charge is 0.496 e. The molecule has 0 aromatic heterocycles. The molecule has 2 amide bonds. The molecule has 6 heteroatoms. The molecule has 1 atom stereocenters. The minimum atomic E-state index is -0.503. The first-order valence-corrected chi connectivity index (χ1v) is 9.09. The standard InChI is InChI=1S/C21H24N2O4/c1-3-17-21(25)23(16-9-5-7-11-19(16)27-17)13-12-20(24)22-14-15-8-4-6-10-18(15)26-2/h4-11,17H,3,12-14H2,1-2H3,(H,22,24). The molecule has 142 valence electrons. The molecule has 1 aliphatic rings. The van der Waals surface area contributed by atoms with Gasteiger partial charge in [-0.05, 0) is 24.6 Å². The fraction of sp³-hybridized carbons (Fsp3) is 0.333. The molecule has 2 aromatic rings. The zero-order chi connectivity index (χ0) is 19.2. The maximum Gasteiger partial charge on any atom is 0.268 e. The van der Waals surface area contributed by atoms with E-state index in [0.29, 0.717) is 30.9 Å². The summed E-state index contributed by atoms with van der Waals surface area (Å²) in [5.41, 5.74) is 1.62. The fourth-order valence-corrected chi connectivity index (χ4v) is 3.11. The van der Waals surface area contributed by atoms with Crippen molar-refractivity contribution in [1.82, 2.24) is 5.32 Å². The van der Waals surface area contributed by atoms with Gasteiger partial charge in [-0.2, -0.15) is 0 Å². The SMILES string of the molecule is CCC1Oc2ccccc2N(CCC(=O)NCc2ccccc2OC)C1=O. The predicted octanol–water partition coefficient (Wildman–Crippen LogP) is 2.91. The number of ether oxygens (including phenoxy) is 2. The second kappa shape index (κ2) is 8.58. The van der Waals surface area contributed by atoms with Crippen LogP contribution in [0.4, 0.5) is 5.69 Å². The molecule has 1 aliphatic heterocycles. The van der Waals surface area contributed by atoms with Gasteiger partial charge in [0, 0.05) is 25.1 Å². The van der Waals surface area contributed by atoms with Crippen LogP contribution >= 0.6 is 0 Å². The van der Waals surface area contributed by atoms with Crippen LogP contribution in [0.25, 0.3) is 0 Å². The number of carbonyl (C=O) groups is 2. The number of nitrogens with zero attached hydrogens (tertiary/aromatic N) is 1. The molecule has 0 aliphatic carbocycles. The first kappa shape index (κ1) is 18.8. The van der Waals surface area contributed by atoms with E-state index in [0.717, 1.165) is 11.3 Å². The van der Waals surface area contributed by atoms with Gasteiger partial charge in [-0.25, -0.2) is 0 Å². The molecule has 1 unspecified atom stereocenters. The maximum atomic E-state index is 12.6. The third-order valence-corrected chi connectivity index (χ3v) is 4.57. The topological polar surface area (TPSA) is 67.9 Å². The quantitative estimate of drug-likeness (QED) is 0.816. The van der Waals surface area contributed by atoms with E-state index in [1.54, 1.807) is 12.0 Å². The molecule has 3 rings (SSSR count). The lowest BCUT2D eigenvalue weighted by atomic mass is 10.1. The van der Waals surface area contributed by atoms with Crippen LogP contribution in [0, 0.1) is 0 Å². The van der Waals surface area contributed by atoms with Crippen LogP contribution in [-0.2, 0) is 16.1 Å². The van der Waals surface area contributed by atoms with Gasteiger partial charge in [0.1, 0.15) is 11.5 Å².